The van der Waals surface area contributed by atoms with Crippen molar-refractivity contribution in [1.82, 2.24) is 4.90 Å². The third-order valence-electron chi connectivity index (χ3n) is 4.28. The molecule has 0 radical (unpaired) electrons. The summed E-state index contributed by atoms with van der Waals surface area (Å²) in [4.78, 5) is 2.50. The minimum atomic E-state index is -0.0225. The summed E-state index contributed by atoms with van der Waals surface area (Å²) in [5, 5.41) is 0. The highest BCUT2D eigenvalue weighted by molar-refractivity contribution is 5.15. The van der Waals surface area contributed by atoms with Crippen LogP contribution < -0.4 is 5.73 Å². The third kappa shape index (κ3) is 3.56. The van der Waals surface area contributed by atoms with Gasteiger partial charge in [-0.05, 0) is 24.7 Å². The van der Waals surface area contributed by atoms with Crippen LogP contribution in [0.4, 0.5) is 0 Å². The van der Waals surface area contributed by atoms with Crippen LogP contribution in [0.3, 0.4) is 0 Å². The van der Waals surface area contributed by atoms with Crippen molar-refractivity contribution < 1.29 is 4.74 Å². The Balaban J connectivity index is 1.88. The first kappa shape index (κ1) is 14.0. The zero-order valence-corrected chi connectivity index (χ0v) is 12.2. The number of nitrogens with two attached hydrogens (primary N) is 1. The molecule has 0 unspecified atom stereocenters. The fourth-order valence-corrected chi connectivity index (χ4v) is 2.92. The first-order valence-electron chi connectivity index (χ1n) is 7.18. The molecule has 0 saturated carbocycles. The van der Waals surface area contributed by atoms with Crippen molar-refractivity contribution in [1.29, 1.82) is 0 Å². The lowest BCUT2D eigenvalue weighted by atomic mass is 9.82. The molecule has 0 aromatic rings. The lowest BCUT2D eigenvalue weighted by Gasteiger charge is -2.40. The maximum Gasteiger partial charge on any atom is 0.0484 e. The van der Waals surface area contributed by atoms with E-state index in [1.807, 2.05) is 0 Å². The first-order valence-corrected chi connectivity index (χ1v) is 7.18. The Morgan fingerprint density at radius 3 is 2.50 bits per heavy atom. The van der Waals surface area contributed by atoms with Gasteiger partial charge < -0.3 is 10.5 Å². The van der Waals surface area contributed by atoms with E-state index in [2.05, 4.69) is 31.7 Å². The fourth-order valence-electron chi connectivity index (χ4n) is 2.92. The second-order valence-corrected chi connectivity index (χ2v) is 6.94. The molecule has 0 aromatic heterocycles. The predicted molar refractivity (Wildman–Crippen MR) is 75.6 cm³/mol. The number of rotatable bonds is 2. The lowest BCUT2D eigenvalue weighted by Crippen LogP contribution is -2.54. The normalized spacial score (nSPS) is 25.9. The Labute approximate surface area is 111 Å². The van der Waals surface area contributed by atoms with E-state index in [1.54, 1.807) is 5.57 Å². The van der Waals surface area contributed by atoms with Crippen molar-refractivity contribution in [2.75, 3.05) is 32.8 Å². The van der Waals surface area contributed by atoms with Gasteiger partial charge in [-0.15, -0.1) is 0 Å². The lowest BCUT2D eigenvalue weighted by molar-refractivity contribution is 0.0385. The van der Waals surface area contributed by atoms with Crippen LogP contribution in [0.2, 0.25) is 0 Å². The fraction of sp³-hybridized carbons (Fsp3) is 0.867. The summed E-state index contributed by atoms with van der Waals surface area (Å²) in [7, 11) is 0. The zero-order valence-electron chi connectivity index (χ0n) is 12.2. The van der Waals surface area contributed by atoms with Gasteiger partial charge in [0.15, 0.2) is 0 Å². The molecule has 0 spiro atoms. The van der Waals surface area contributed by atoms with Gasteiger partial charge in [-0.3, -0.25) is 4.90 Å². The van der Waals surface area contributed by atoms with E-state index in [4.69, 9.17) is 10.5 Å². The largest absolute Gasteiger partial charge is 0.381 e. The summed E-state index contributed by atoms with van der Waals surface area (Å²) in [6, 6.07) is 0. The van der Waals surface area contributed by atoms with E-state index in [9.17, 15) is 0 Å². The Kier molecular flexibility index (Phi) is 4.15. The molecule has 2 heterocycles. The summed E-state index contributed by atoms with van der Waals surface area (Å²) < 4.78 is 5.41. The molecule has 1 saturated heterocycles. The van der Waals surface area contributed by atoms with Gasteiger partial charge in [0.25, 0.3) is 0 Å². The van der Waals surface area contributed by atoms with Crippen molar-refractivity contribution in [3.05, 3.63) is 11.6 Å². The topological polar surface area (TPSA) is 38.5 Å². The van der Waals surface area contributed by atoms with Gasteiger partial charge in [-0.2, -0.15) is 0 Å². The van der Waals surface area contributed by atoms with E-state index in [1.165, 1.54) is 6.42 Å². The smallest absolute Gasteiger partial charge is 0.0484 e. The van der Waals surface area contributed by atoms with Gasteiger partial charge >= 0.3 is 0 Å². The van der Waals surface area contributed by atoms with E-state index in [0.29, 0.717) is 5.41 Å². The second-order valence-electron chi connectivity index (χ2n) is 6.94. The molecule has 1 fully saturated rings. The minimum absolute atomic E-state index is 0.0225. The molecular weight excluding hydrogens is 224 g/mol. The van der Waals surface area contributed by atoms with Crippen molar-refractivity contribution in [3.8, 4) is 0 Å². The van der Waals surface area contributed by atoms with Crippen molar-refractivity contribution in [2.24, 2.45) is 11.1 Å². The van der Waals surface area contributed by atoms with E-state index < -0.39 is 0 Å². The number of ether oxygens (including phenoxy) is 1. The maximum atomic E-state index is 6.47. The summed E-state index contributed by atoms with van der Waals surface area (Å²) in [6.07, 6.45) is 5.60. The average molecular weight is 252 g/mol. The maximum absolute atomic E-state index is 6.47. The Morgan fingerprint density at radius 2 is 2.00 bits per heavy atom. The molecule has 18 heavy (non-hydrogen) atoms. The van der Waals surface area contributed by atoms with Crippen LogP contribution in [0.15, 0.2) is 11.6 Å². The minimum Gasteiger partial charge on any atom is -0.381 e. The molecule has 0 aromatic carbocycles. The van der Waals surface area contributed by atoms with Crippen LogP contribution in [0.5, 0.6) is 0 Å². The van der Waals surface area contributed by atoms with Crippen LogP contribution in [-0.4, -0.2) is 43.3 Å². The van der Waals surface area contributed by atoms with Gasteiger partial charge in [0.05, 0.1) is 0 Å². The Morgan fingerprint density at radius 1 is 1.33 bits per heavy atom. The molecule has 2 aliphatic heterocycles. The summed E-state index contributed by atoms with van der Waals surface area (Å²) >= 11 is 0. The molecule has 2 aliphatic rings. The van der Waals surface area contributed by atoms with Gasteiger partial charge in [0.2, 0.25) is 0 Å². The standard InChI is InChI=1S/C15H28N2O/c1-14(2,3)13-4-8-17(9-5-13)12-15(16)6-10-18-11-7-15/h4H,5-12,16H2,1-3H3. The SMILES string of the molecule is CC(C)(C)C1=CCN(CC2(N)CCOCC2)CC1. The predicted octanol–water partition coefficient (Wildman–Crippen LogP) is 2.17. The summed E-state index contributed by atoms with van der Waals surface area (Å²) in [5.74, 6) is 0. The highest BCUT2D eigenvalue weighted by Crippen LogP contribution is 2.30. The number of nitrogens with zero attached hydrogens (tertiary/aromatic N) is 1. The Hall–Kier alpha value is -0.380. The van der Waals surface area contributed by atoms with Gasteiger partial charge in [-0.25, -0.2) is 0 Å². The van der Waals surface area contributed by atoms with Gasteiger partial charge in [-0.1, -0.05) is 32.4 Å². The number of hydrogen-bond donors (Lipinski definition) is 1. The molecule has 0 atom stereocenters. The molecule has 3 nitrogen and oxygen atoms in total. The molecule has 2 rings (SSSR count). The van der Waals surface area contributed by atoms with E-state index in [-0.39, 0.29) is 5.54 Å². The quantitative estimate of drug-likeness (QED) is 0.766. The van der Waals surface area contributed by atoms with Gasteiger partial charge in [0.1, 0.15) is 0 Å². The molecule has 104 valence electrons. The summed E-state index contributed by atoms with van der Waals surface area (Å²) in [5.41, 5.74) is 8.36. The molecule has 0 aliphatic carbocycles. The summed E-state index contributed by atoms with van der Waals surface area (Å²) in [6.45, 7) is 11.8. The van der Waals surface area contributed by atoms with Gasteiger partial charge in [0, 0.05) is 38.4 Å². The molecule has 0 amide bonds. The van der Waals surface area contributed by atoms with Crippen LogP contribution in [0, 0.1) is 5.41 Å². The van der Waals surface area contributed by atoms with Crippen LogP contribution in [0.25, 0.3) is 0 Å². The second kappa shape index (κ2) is 5.32. The van der Waals surface area contributed by atoms with E-state index >= 15 is 0 Å². The molecule has 2 N–H and O–H groups in total. The average Bonchev–Trinajstić information content (AvgIpc) is 2.29. The molecule has 0 bridgehead atoms. The molecular formula is C15H28N2O. The number of hydrogen-bond acceptors (Lipinski definition) is 3. The van der Waals surface area contributed by atoms with Crippen molar-refractivity contribution in [2.45, 2.75) is 45.6 Å². The first-order chi connectivity index (χ1) is 8.39. The Bertz CT molecular complexity index is 311. The zero-order chi connectivity index (χ0) is 13.2. The van der Waals surface area contributed by atoms with Crippen LogP contribution >= 0.6 is 0 Å². The van der Waals surface area contributed by atoms with Crippen molar-refractivity contribution >= 4 is 0 Å². The van der Waals surface area contributed by atoms with Crippen LogP contribution in [-0.2, 0) is 4.74 Å². The molecule has 3 heteroatoms. The van der Waals surface area contributed by atoms with Crippen LogP contribution in [0.1, 0.15) is 40.0 Å². The van der Waals surface area contributed by atoms with Crippen molar-refractivity contribution in [3.63, 3.8) is 0 Å². The van der Waals surface area contributed by atoms with E-state index in [0.717, 1.165) is 45.7 Å². The monoisotopic (exact) mass is 252 g/mol. The third-order valence-corrected chi connectivity index (χ3v) is 4.28. The highest BCUT2D eigenvalue weighted by Gasteiger charge is 2.31. The highest BCUT2D eigenvalue weighted by atomic mass is 16.5.